The molecule has 1 N–H and O–H groups in total. The molecule has 0 radical (unpaired) electrons. The van der Waals surface area contributed by atoms with Crippen LogP contribution < -0.4 is 5.32 Å². The molecule has 2 aromatic heterocycles. The van der Waals surface area contributed by atoms with E-state index in [9.17, 15) is 0 Å². The molecule has 16 heavy (non-hydrogen) atoms. The number of halogens is 1. The molecule has 1 fully saturated rings. The maximum Gasteiger partial charge on any atom is 0.148 e. The van der Waals surface area contributed by atoms with Crippen LogP contribution in [0.4, 0.5) is 0 Å². The molecule has 1 saturated carbocycles. The van der Waals surface area contributed by atoms with Crippen molar-refractivity contribution < 1.29 is 0 Å². The predicted molar refractivity (Wildman–Crippen MR) is 75.8 cm³/mol. The molecule has 84 valence electrons. The summed E-state index contributed by atoms with van der Waals surface area (Å²) in [4.78, 5) is 0. The van der Waals surface area contributed by atoms with Crippen LogP contribution in [-0.4, -0.2) is 16.2 Å². The molecule has 0 spiro atoms. The number of aromatic nitrogens is 2. The standard InChI is InChI=1S/C10H10IN3S2/c11-8-3-6(5-15-8)10-14-13-9(16-10)4-12-7-1-2-7/h3,5,7,12H,1-2,4H2. The molecule has 1 aliphatic rings. The average Bonchev–Trinajstić information content (AvgIpc) is 2.81. The van der Waals surface area contributed by atoms with E-state index in [2.05, 4.69) is 49.6 Å². The lowest BCUT2D eigenvalue weighted by Gasteiger charge is -1.95. The third kappa shape index (κ3) is 2.61. The summed E-state index contributed by atoms with van der Waals surface area (Å²) in [5.74, 6) is 0. The lowest BCUT2D eigenvalue weighted by molar-refractivity contribution is 0.679. The lowest BCUT2D eigenvalue weighted by Crippen LogP contribution is -2.14. The molecular weight excluding hydrogens is 353 g/mol. The molecular formula is C10H10IN3S2. The van der Waals surface area contributed by atoms with Crippen molar-refractivity contribution in [3.63, 3.8) is 0 Å². The molecule has 0 amide bonds. The second-order valence-electron chi connectivity index (χ2n) is 3.80. The highest BCUT2D eigenvalue weighted by atomic mass is 127. The minimum Gasteiger partial charge on any atom is -0.308 e. The van der Waals surface area contributed by atoms with Crippen LogP contribution in [0.3, 0.4) is 0 Å². The minimum atomic E-state index is 0.731. The fourth-order valence-corrected chi connectivity index (χ4v) is 3.57. The van der Waals surface area contributed by atoms with Gasteiger partial charge in [0.2, 0.25) is 0 Å². The van der Waals surface area contributed by atoms with Crippen molar-refractivity contribution in [2.75, 3.05) is 0 Å². The van der Waals surface area contributed by atoms with Crippen LogP contribution in [0.5, 0.6) is 0 Å². The molecule has 6 heteroatoms. The van der Waals surface area contributed by atoms with E-state index in [0.717, 1.165) is 22.6 Å². The van der Waals surface area contributed by atoms with Gasteiger partial charge in [0.25, 0.3) is 0 Å². The van der Waals surface area contributed by atoms with Crippen LogP contribution in [0.1, 0.15) is 17.8 Å². The van der Waals surface area contributed by atoms with E-state index in [-0.39, 0.29) is 0 Å². The van der Waals surface area contributed by atoms with Gasteiger partial charge >= 0.3 is 0 Å². The van der Waals surface area contributed by atoms with Crippen LogP contribution in [-0.2, 0) is 6.54 Å². The summed E-state index contributed by atoms with van der Waals surface area (Å²) in [6.07, 6.45) is 2.63. The largest absolute Gasteiger partial charge is 0.308 e. The second kappa shape index (κ2) is 4.67. The van der Waals surface area contributed by atoms with E-state index in [1.165, 1.54) is 21.3 Å². The first kappa shape index (κ1) is 11.1. The predicted octanol–water partition coefficient (Wildman–Crippen LogP) is 3.12. The molecule has 0 bridgehead atoms. The zero-order chi connectivity index (χ0) is 11.0. The summed E-state index contributed by atoms with van der Waals surface area (Å²) in [5.41, 5.74) is 1.20. The fraction of sp³-hybridized carbons (Fsp3) is 0.400. The number of rotatable bonds is 4. The Hall–Kier alpha value is -0.0500. The van der Waals surface area contributed by atoms with Crippen molar-refractivity contribution in [3.8, 4) is 10.6 Å². The number of hydrogen-bond acceptors (Lipinski definition) is 5. The Morgan fingerprint density at radius 3 is 3.00 bits per heavy atom. The molecule has 2 heterocycles. The number of thiophene rings is 1. The van der Waals surface area contributed by atoms with Crippen molar-refractivity contribution in [2.45, 2.75) is 25.4 Å². The van der Waals surface area contributed by atoms with Gasteiger partial charge in [0, 0.05) is 23.5 Å². The van der Waals surface area contributed by atoms with Gasteiger partial charge in [-0.05, 0) is 41.5 Å². The highest BCUT2D eigenvalue weighted by Crippen LogP contribution is 2.29. The number of nitrogens with one attached hydrogen (secondary N) is 1. The molecule has 0 aromatic carbocycles. The number of hydrogen-bond donors (Lipinski definition) is 1. The third-order valence-electron chi connectivity index (χ3n) is 2.40. The fourth-order valence-electron chi connectivity index (χ4n) is 1.38. The van der Waals surface area contributed by atoms with Crippen molar-refractivity contribution in [3.05, 3.63) is 19.3 Å². The van der Waals surface area contributed by atoms with Crippen LogP contribution in [0.15, 0.2) is 11.4 Å². The van der Waals surface area contributed by atoms with Gasteiger partial charge in [-0.3, -0.25) is 0 Å². The van der Waals surface area contributed by atoms with E-state index in [1.807, 2.05) is 0 Å². The summed E-state index contributed by atoms with van der Waals surface area (Å²) < 4.78 is 1.29. The first-order valence-corrected chi connectivity index (χ1v) is 7.89. The van der Waals surface area contributed by atoms with E-state index in [1.54, 1.807) is 22.7 Å². The maximum absolute atomic E-state index is 4.23. The summed E-state index contributed by atoms with van der Waals surface area (Å²) in [7, 11) is 0. The zero-order valence-corrected chi connectivity index (χ0v) is 12.2. The first-order chi connectivity index (χ1) is 7.81. The topological polar surface area (TPSA) is 37.8 Å². The van der Waals surface area contributed by atoms with Gasteiger partial charge in [0.05, 0.1) is 2.88 Å². The van der Waals surface area contributed by atoms with Crippen LogP contribution in [0.25, 0.3) is 10.6 Å². The highest BCUT2D eigenvalue weighted by Gasteiger charge is 2.20. The zero-order valence-electron chi connectivity index (χ0n) is 8.44. The summed E-state index contributed by atoms with van der Waals surface area (Å²) in [6, 6.07) is 2.89. The van der Waals surface area contributed by atoms with Gasteiger partial charge in [-0.2, -0.15) is 0 Å². The summed E-state index contributed by atoms with van der Waals surface area (Å²) in [5, 5.41) is 16.2. The van der Waals surface area contributed by atoms with Crippen LogP contribution >= 0.6 is 45.3 Å². The monoisotopic (exact) mass is 363 g/mol. The Morgan fingerprint density at radius 2 is 2.31 bits per heavy atom. The highest BCUT2D eigenvalue weighted by molar-refractivity contribution is 14.1. The third-order valence-corrected chi connectivity index (χ3v) is 5.16. The molecule has 1 aliphatic carbocycles. The molecule has 0 atom stereocenters. The van der Waals surface area contributed by atoms with Crippen molar-refractivity contribution in [2.24, 2.45) is 0 Å². The van der Waals surface area contributed by atoms with Gasteiger partial charge < -0.3 is 5.32 Å². The SMILES string of the molecule is Ic1cc(-c2nnc(CNC3CC3)s2)cs1. The Balaban J connectivity index is 1.71. The Kier molecular flexibility index (Phi) is 3.23. The second-order valence-corrected chi connectivity index (χ2v) is 7.66. The quantitative estimate of drug-likeness (QED) is 0.849. The Morgan fingerprint density at radius 1 is 1.44 bits per heavy atom. The molecule has 0 saturated heterocycles. The van der Waals surface area contributed by atoms with E-state index >= 15 is 0 Å². The van der Waals surface area contributed by atoms with Gasteiger partial charge in [0.15, 0.2) is 0 Å². The lowest BCUT2D eigenvalue weighted by atomic mass is 10.4. The minimum absolute atomic E-state index is 0.731. The molecule has 3 nitrogen and oxygen atoms in total. The van der Waals surface area contributed by atoms with Crippen LogP contribution in [0.2, 0.25) is 0 Å². The summed E-state index contributed by atoms with van der Waals surface area (Å²) >= 11 is 5.76. The van der Waals surface area contributed by atoms with Gasteiger partial charge in [-0.25, -0.2) is 0 Å². The first-order valence-electron chi connectivity index (χ1n) is 5.11. The normalized spacial score (nSPS) is 15.6. The van der Waals surface area contributed by atoms with Crippen molar-refractivity contribution >= 4 is 45.3 Å². The van der Waals surface area contributed by atoms with E-state index in [4.69, 9.17) is 0 Å². The average molecular weight is 363 g/mol. The van der Waals surface area contributed by atoms with Gasteiger partial charge in [-0.1, -0.05) is 11.3 Å². The Bertz CT molecular complexity index is 490. The molecule has 0 unspecified atom stereocenters. The maximum atomic E-state index is 4.23. The molecule has 0 aliphatic heterocycles. The van der Waals surface area contributed by atoms with Crippen molar-refractivity contribution in [1.29, 1.82) is 0 Å². The van der Waals surface area contributed by atoms with Crippen molar-refractivity contribution in [1.82, 2.24) is 15.5 Å². The van der Waals surface area contributed by atoms with Gasteiger partial charge in [-0.15, -0.1) is 21.5 Å². The Labute approximate surface area is 115 Å². The van der Waals surface area contributed by atoms with Crippen LogP contribution in [0, 0.1) is 2.88 Å². The van der Waals surface area contributed by atoms with Gasteiger partial charge in [0.1, 0.15) is 10.0 Å². The summed E-state index contributed by atoms with van der Waals surface area (Å²) in [6.45, 7) is 0.865. The molecule has 2 aromatic rings. The molecule has 3 rings (SSSR count). The number of nitrogens with zero attached hydrogens (tertiary/aromatic N) is 2. The van der Waals surface area contributed by atoms with E-state index in [0.29, 0.717) is 0 Å². The smallest absolute Gasteiger partial charge is 0.148 e. The van der Waals surface area contributed by atoms with E-state index < -0.39 is 0 Å².